The zero-order valence-electron chi connectivity index (χ0n) is 10.9. The highest BCUT2D eigenvalue weighted by molar-refractivity contribution is 6.30. The Morgan fingerprint density at radius 1 is 1.43 bits per heavy atom. The number of aliphatic hydroxyl groups excluding tert-OH is 1. The van der Waals surface area contributed by atoms with Crippen LogP contribution in [-0.2, 0) is 4.74 Å². The summed E-state index contributed by atoms with van der Waals surface area (Å²) in [4.78, 5) is 1.44. The van der Waals surface area contributed by atoms with Gasteiger partial charge in [-0.15, -0.1) is 0 Å². The number of β-amino-alcohol motifs (C(OH)–C–C–N with tert-alkyl or cyclic N) is 1. The second-order valence-corrected chi connectivity index (χ2v) is 5.26. The molecule has 1 aliphatic heterocycles. The third-order valence-electron chi connectivity index (χ3n) is 3.27. The van der Waals surface area contributed by atoms with Crippen molar-refractivity contribution < 1.29 is 27.4 Å². The first-order valence-electron chi connectivity index (χ1n) is 6.31. The highest BCUT2D eigenvalue weighted by atomic mass is 35.5. The largest absolute Gasteiger partial charge is 0.415 e. The van der Waals surface area contributed by atoms with Crippen molar-refractivity contribution in [2.45, 2.75) is 18.4 Å². The van der Waals surface area contributed by atoms with Gasteiger partial charge in [-0.3, -0.25) is 4.90 Å². The predicted octanol–water partition coefficient (Wildman–Crippen LogP) is 2.78. The van der Waals surface area contributed by atoms with Crippen molar-refractivity contribution in [3.8, 4) is 0 Å². The normalized spacial score (nSPS) is 22.3. The van der Waals surface area contributed by atoms with Gasteiger partial charge in [0.1, 0.15) is 5.82 Å². The van der Waals surface area contributed by atoms with E-state index in [1.54, 1.807) is 6.07 Å². The highest BCUT2D eigenvalue weighted by Gasteiger charge is 2.39. The van der Waals surface area contributed by atoms with Gasteiger partial charge >= 0.3 is 6.18 Å². The van der Waals surface area contributed by atoms with E-state index in [1.165, 1.54) is 17.0 Å². The molecule has 0 spiro atoms. The number of morpholine rings is 1. The first-order chi connectivity index (χ1) is 9.77. The molecule has 21 heavy (non-hydrogen) atoms. The summed E-state index contributed by atoms with van der Waals surface area (Å²) in [6.07, 6.45) is -7.61. The topological polar surface area (TPSA) is 32.7 Å². The molecule has 1 heterocycles. The molecule has 2 rings (SSSR count). The highest BCUT2D eigenvalue weighted by Crippen LogP contribution is 2.27. The van der Waals surface area contributed by atoms with Gasteiger partial charge in [-0.05, 0) is 17.7 Å². The predicted molar refractivity (Wildman–Crippen MR) is 68.6 cm³/mol. The van der Waals surface area contributed by atoms with Crippen LogP contribution in [0, 0.1) is 5.82 Å². The van der Waals surface area contributed by atoms with Crippen molar-refractivity contribution in [2.75, 3.05) is 26.2 Å². The summed E-state index contributed by atoms with van der Waals surface area (Å²) in [6, 6.07) is 4.15. The zero-order valence-corrected chi connectivity index (χ0v) is 11.7. The molecule has 2 atom stereocenters. The lowest BCUT2D eigenvalue weighted by Gasteiger charge is -2.34. The second kappa shape index (κ2) is 6.48. The molecule has 1 aliphatic rings. The molecule has 0 amide bonds. The van der Waals surface area contributed by atoms with E-state index in [0.29, 0.717) is 5.56 Å². The molecule has 0 aliphatic carbocycles. The quantitative estimate of drug-likeness (QED) is 0.867. The number of aliphatic hydroxyl groups is 1. The second-order valence-electron chi connectivity index (χ2n) is 4.85. The van der Waals surface area contributed by atoms with Crippen LogP contribution in [0.25, 0.3) is 0 Å². The van der Waals surface area contributed by atoms with Gasteiger partial charge in [0.2, 0.25) is 0 Å². The fourth-order valence-corrected chi connectivity index (χ4v) is 2.25. The van der Waals surface area contributed by atoms with E-state index in [-0.39, 0.29) is 24.7 Å². The molecule has 0 aromatic heterocycles. The first-order valence-corrected chi connectivity index (χ1v) is 6.69. The van der Waals surface area contributed by atoms with Gasteiger partial charge < -0.3 is 9.84 Å². The van der Waals surface area contributed by atoms with Crippen molar-refractivity contribution in [3.05, 3.63) is 34.6 Å². The van der Waals surface area contributed by atoms with Crippen molar-refractivity contribution in [1.82, 2.24) is 4.90 Å². The Hall–Kier alpha value is -0.890. The monoisotopic (exact) mass is 327 g/mol. The standard InChI is InChI=1S/C13H14ClF4NO2/c14-9-2-1-8(5-10(9)15)11-6-19(3-4-21-11)7-12(20)13(16,17)18/h1-2,5,11-12,20H,3-4,6-7H2. The molecule has 0 radical (unpaired) electrons. The van der Waals surface area contributed by atoms with E-state index < -0.39 is 30.7 Å². The number of ether oxygens (including phenoxy) is 1. The Kier molecular flexibility index (Phi) is 5.08. The number of hydrogen-bond donors (Lipinski definition) is 1. The number of benzene rings is 1. The van der Waals surface area contributed by atoms with Gasteiger partial charge in [0, 0.05) is 19.6 Å². The van der Waals surface area contributed by atoms with Crippen LogP contribution in [0.5, 0.6) is 0 Å². The van der Waals surface area contributed by atoms with Crippen LogP contribution in [0.4, 0.5) is 17.6 Å². The van der Waals surface area contributed by atoms with Gasteiger partial charge in [-0.1, -0.05) is 17.7 Å². The van der Waals surface area contributed by atoms with Crippen LogP contribution in [0.3, 0.4) is 0 Å². The van der Waals surface area contributed by atoms with Gasteiger partial charge in [-0.25, -0.2) is 4.39 Å². The lowest BCUT2D eigenvalue weighted by molar-refractivity contribution is -0.211. The molecule has 1 aromatic rings. The molecule has 3 nitrogen and oxygen atoms in total. The zero-order chi connectivity index (χ0) is 15.6. The SMILES string of the molecule is OC(CN1CCOC(c2ccc(Cl)c(F)c2)C1)C(F)(F)F. The molecule has 1 N–H and O–H groups in total. The number of nitrogens with zero attached hydrogens (tertiary/aromatic N) is 1. The maximum Gasteiger partial charge on any atom is 0.415 e. The van der Waals surface area contributed by atoms with E-state index in [0.717, 1.165) is 0 Å². The average Bonchev–Trinajstić information content (AvgIpc) is 2.41. The summed E-state index contributed by atoms with van der Waals surface area (Å²) in [5, 5.41) is 9.06. The Balaban J connectivity index is 2.02. The van der Waals surface area contributed by atoms with Crippen molar-refractivity contribution >= 4 is 11.6 Å². The summed E-state index contributed by atoms with van der Waals surface area (Å²) in [7, 11) is 0. The van der Waals surface area contributed by atoms with E-state index in [2.05, 4.69) is 0 Å². The molecule has 0 bridgehead atoms. The molecule has 8 heteroatoms. The maximum atomic E-state index is 13.4. The van der Waals surface area contributed by atoms with Crippen molar-refractivity contribution in [3.63, 3.8) is 0 Å². The number of alkyl halides is 3. The van der Waals surface area contributed by atoms with Crippen LogP contribution in [-0.4, -0.2) is 48.5 Å². The van der Waals surface area contributed by atoms with Crippen LogP contribution >= 0.6 is 11.6 Å². The fraction of sp³-hybridized carbons (Fsp3) is 0.538. The first kappa shape index (κ1) is 16.5. The average molecular weight is 328 g/mol. The van der Waals surface area contributed by atoms with E-state index >= 15 is 0 Å². The van der Waals surface area contributed by atoms with Gasteiger partial charge in [0.05, 0.1) is 17.7 Å². The minimum atomic E-state index is -4.65. The van der Waals surface area contributed by atoms with Gasteiger partial charge in [-0.2, -0.15) is 13.2 Å². The van der Waals surface area contributed by atoms with E-state index in [1.807, 2.05) is 0 Å². The van der Waals surface area contributed by atoms with E-state index in [4.69, 9.17) is 21.4 Å². The Morgan fingerprint density at radius 3 is 2.76 bits per heavy atom. The molecule has 0 saturated carbocycles. The summed E-state index contributed by atoms with van der Waals surface area (Å²) in [5.74, 6) is -0.606. The Morgan fingerprint density at radius 2 is 2.14 bits per heavy atom. The van der Waals surface area contributed by atoms with Crippen LogP contribution < -0.4 is 0 Å². The minimum absolute atomic E-state index is 0.0288. The van der Waals surface area contributed by atoms with Crippen LogP contribution in [0.15, 0.2) is 18.2 Å². The summed E-state index contributed by atoms with van der Waals surface area (Å²) in [5.41, 5.74) is 0.503. The van der Waals surface area contributed by atoms with Crippen LogP contribution in [0.2, 0.25) is 5.02 Å². The number of rotatable bonds is 3. The lowest BCUT2D eigenvalue weighted by atomic mass is 10.1. The lowest BCUT2D eigenvalue weighted by Crippen LogP contribution is -2.46. The smallest absolute Gasteiger partial charge is 0.382 e. The molecule has 1 fully saturated rings. The molecule has 1 saturated heterocycles. The molecular formula is C13H14ClF4NO2. The maximum absolute atomic E-state index is 13.4. The Labute approximate surface area is 124 Å². The summed E-state index contributed by atoms with van der Waals surface area (Å²) < 4.78 is 55.9. The molecule has 118 valence electrons. The van der Waals surface area contributed by atoms with Crippen LogP contribution in [0.1, 0.15) is 11.7 Å². The van der Waals surface area contributed by atoms with E-state index in [9.17, 15) is 17.6 Å². The Bertz CT molecular complexity index is 498. The third kappa shape index (κ3) is 4.29. The van der Waals surface area contributed by atoms with Gasteiger partial charge in [0.15, 0.2) is 6.10 Å². The minimum Gasteiger partial charge on any atom is -0.382 e. The third-order valence-corrected chi connectivity index (χ3v) is 3.58. The van der Waals surface area contributed by atoms with Crippen molar-refractivity contribution in [1.29, 1.82) is 0 Å². The fourth-order valence-electron chi connectivity index (χ4n) is 2.13. The molecular weight excluding hydrogens is 314 g/mol. The van der Waals surface area contributed by atoms with Gasteiger partial charge in [0.25, 0.3) is 0 Å². The molecule has 2 unspecified atom stereocenters. The summed E-state index contributed by atoms with van der Waals surface area (Å²) >= 11 is 5.58. The number of hydrogen-bond acceptors (Lipinski definition) is 3. The molecule has 1 aromatic carbocycles. The number of halogens is 5. The summed E-state index contributed by atoms with van der Waals surface area (Å²) in [6.45, 7) is 0.104. The van der Waals surface area contributed by atoms with Crippen molar-refractivity contribution in [2.24, 2.45) is 0 Å².